The number of nitriles is 1. The number of carbonyl (C=O) groups is 1. The van der Waals surface area contributed by atoms with E-state index in [4.69, 9.17) is 5.26 Å². The summed E-state index contributed by atoms with van der Waals surface area (Å²) in [5.41, 5.74) is 2.44. The third-order valence-corrected chi connectivity index (χ3v) is 4.70. The van der Waals surface area contributed by atoms with Gasteiger partial charge < -0.3 is 9.88 Å². The molecule has 2 heterocycles. The predicted octanol–water partition coefficient (Wildman–Crippen LogP) is 4.24. The first-order valence-corrected chi connectivity index (χ1v) is 10.1. The van der Waals surface area contributed by atoms with E-state index >= 15 is 0 Å². The Kier molecular flexibility index (Phi) is 6.46. The fourth-order valence-corrected chi connectivity index (χ4v) is 3.34. The molecule has 0 bridgehead atoms. The Morgan fingerprint density at radius 1 is 1.23 bits per heavy atom. The number of benzene rings is 1. The van der Waals surface area contributed by atoms with Crippen LogP contribution in [0.2, 0.25) is 0 Å². The van der Waals surface area contributed by atoms with Crippen molar-refractivity contribution >= 4 is 16.9 Å². The van der Waals surface area contributed by atoms with E-state index in [0.29, 0.717) is 12.1 Å². The first kappa shape index (κ1) is 21.4. The fraction of sp³-hybridized carbons (Fsp3) is 0.391. The molecule has 3 aromatic rings. The van der Waals surface area contributed by atoms with Gasteiger partial charge >= 0.3 is 0 Å². The third kappa shape index (κ3) is 5.41. The van der Waals surface area contributed by atoms with Crippen LogP contribution in [-0.2, 0) is 13.0 Å². The molecule has 0 atom stereocenters. The van der Waals surface area contributed by atoms with Gasteiger partial charge in [0.1, 0.15) is 17.5 Å². The van der Waals surface area contributed by atoms with Gasteiger partial charge in [-0.2, -0.15) is 5.26 Å². The predicted molar refractivity (Wildman–Crippen MR) is 113 cm³/mol. The monoisotopic (exact) mass is 407 g/mol. The largest absolute Gasteiger partial charge is 0.352 e. The molecule has 0 fully saturated rings. The lowest BCUT2D eigenvalue weighted by molar-refractivity contribution is 0.0953. The van der Waals surface area contributed by atoms with Crippen molar-refractivity contribution in [3.63, 3.8) is 0 Å². The van der Waals surface area contributed by atoms with Gasteiger partial charge in [0.25, 0.3) is 5.91 Å². The molecule has 0 unspecified atom stereocenters. The second kappa shape index (κ2) is 9.04. The van der Waals surface area contributed by atoms with Crippen molar-refractivity contribution in [2.45, 2.75) is 46.6 Å². The number of aryl methyl sites for hydroxylation is 1. The number of amides is 1. The highest BCUT2D eigenvalue weighted by Crippen LogP contribution is 2.25. The molecule has 0 aliphatic carbocycles. The van der Waals surface area contributed by atoms with Crippen molar-refractivity contribution in [1.82, 2.24) is 19.9 Å². The summed E-state index contributed by atoms with van der Waals surface area (Å²) in [6.07, 6.45) is 4.25. The summed E-state index contributed by atoms with van der Waals surface area (Å²) in [4.78, 5) is 20.6. The summed E-state index contributed by atoms with van der Waals surface area (Å²) in [6, 6.07) is 9.61. The summed E-state index contributed by atoms with van der Waals surface area (Å²) in [5, 5.41) is 12.9. The van der Waals surface area contributed by atoms with Gasteiger partial charge in [0.2, 0.25) is 5.82 Å². The van der Waals surface area contributed by atoms with E-state index in [-0.39, 0.29) is 23.0 Å². The molecule has 30 heavy (non-hydrogen) atoms. The maximum atomic E-state index is 13.0. The highest BCUT2D eigenvalue weighted by Gasteiger charge is 2.18. The molecule has 7 heteroatoms. The van der Waals surface area contributed by atoms with Gasteiger partial charge in [0.05, 0.1) is 0 Å². The highest BCUT2D eigenvalue weighted by molar-refractivity contribution is 5.94. The van der Waals surface area contributed by atoms with E-state index in [2.05, 4.69) is 46.7 Å². The number of nitrogens with one attached hydrogen (secondary N) is 1. The van der Waals surface area contributed by atoms with Gasteiger partial charge in [0, 0.05) is 35.9 Å². The molecule has 0 saturated heterocycles. The van der Waals surface area contributed by atoms with Crippen LogP contribution in [0.4, 0.5) is 4.39 Å². The van der Waals surface area contributed by atoms with Crippen molar-refractivity contribution < 1.29 is 9.18 Å². The molecule has 0 saturated carbocycles. The second-order valence-electron chi connectivity index (χ2n) is 8.59. The van der Waals surface area contributed by atoms with Crippen molar-refractivity contribution in [1.29, 1.82) is 5.26 Å². The van der Waals surface area contributed by atoms with Crippen molar-refractivity contribution in [3.8, 4) is 6.07 Å². The summed E-state index contributed by atoms with van der Waals surface area (Å²) >= 11 is 0. The number of rotatable bonds is 7. The van der Waals surface area contributed by atoms with E-state index in [1.807, 2.05) is 6.07 Å². The Morgan fingerprint density at radius 3 is 2.63 bits per heavy atom. The fourth-order valence-electron chi connectivity index (χ4n) is 3.34. The number of fused-ring (bicyclic) bond motifs is 1. The van der Waals surface area contributed by atoms with Gasteiger partial charge in [-0.1, -0.05) is 20.8 Å². The second-order valence-corrected chi connectivity index (χ2v) is 8.59. The number of nitrogens with zero attached hydrogens (tertiary/aromatic N) is 4. The molecule has 1 amide bonds. The molecular weight excluding hydrogens is 381 g/mol. The van der Waals surface area contributed by atoms with E-state index in [0.717, 1.165) is 42.5 Å². The average Bonchev–Trinajstić information content (AvgIpc) is 3.03. The maximum absolute atomic E-state index is 13.0. The first-order chi connectivity index (χ1) is 14.3. The van der Waals surface area contributed by atoms with E-state index in [1.165, 1.54) is 24.3 Å². The SMILES string of the molecule is CC(C)(C)Cn1c(CCCCNC(=O)c2ccc(F)cc2)cc2cnc(C#N)nc21. The van der Waals surface area contributed by atoms with Crippen LogP contribution in [0.3, 0.4) is 0 Å². The molecule has 0 spiro atoms. The molecular formula is C23H26FN5O. The molecule has 3 rings (SSSR count). The quantitative estimate of drug-likeness (QED) is 0.594. The number of aromatic nitrogens is 3. The van der Waals surface area contributed by atoms with Crippen LogP contribution in [0.1, 0.15) is 55.5 Å². The van der Waals surface area contributed by atoms with E-state index < -0.39 is 0 Å². The minimum Gasteiger partial charge on any atom is -0.352 e. The number of hydrogen-bond acceptors (Lipinski definition) is 4. The number of hydrogen-bond donors (Lipinski definition) is 1. The zero-order valence-corrected chi connectivity index (χ0v) is 17.6. The zero-order valence-electron chi connectivity index (χ0n) is 17.6. The smallest absolute Gasteiger partial charge is 0.251 e. The van der Waals surface area contributed by atoms with Crippen molar-refractivity contribution in [3.05, 3.63) is 59.4 Å². The van der Waals surface area contributed by atoms with E-state index in [1.54, 1.807) is 6.20 Å². The van der Waals surface area contributed by atoms with Crippen LogP contribution < -0.4 is 5.32 Å². The van der Waals surface area contributed by atoms with Gasteiger partial charge in [-0.3, -0.25) is 4.79 Å². The molecule has 0 radical (unpaired) electrons. The number of unbranched alkanes of at least 4 members (excludes halogenated alkanes) is 1. The van der Waals surface area contributed by atoms with Crippen LogP contribution in [0.15, 0.2) is 36.5 Å². The van der Waals surface area contributed by atoms with Crippen LogP contribution in [0.25, 0.3) is 11.0 Å². The normalized spacial score (nSPS) is 11.4. The van der Waals surface area contributed by atoms with Crippen molar-refractivity contribution in [2.75, 3.05) is 6.54 Å². The molecule has 156 valence electrons. The lowest BCUT2D eigenvalue weighted by Gasteiger charge is -2.21. The number of halogens is 1. The average molecular weight is 407 g/mol. The lowest BCUT2D eigenvalue weighted by Crippen LogP contribution is -2.24. The number of carbonyl (C=O) groups excluding carboxylic acids is 1. The van der Waals surface area contributed by atoms with Crippen LogP contribution >= 0.6 is 0 Å². The minimum atomic E-state index is -0.358. The van der Waals surface area contributed by atoms with Gasteiger partial charge in [-0.15, -0.1) is 0 Å². The minimum absolute atomic E-state index is 0.0571. The highest BCUT2D eigenvalue weighted by atomic mass is 19.1. The summed E-state index contributed by atoms with van der Waals surface area (Å²) in [7, 11) is 0. The van der Waals surface area contributed by atoms with Crippen LogP contribution in [-0.4, -0.2) is 27.0 Å². The van der Waals surface area contributed by atoms with Gasteiger partial charge in [-0.05, 0) is 55.0 Å². The molecule has 6 nitrogen and oxygen atoms in total. The third-order valence-electron chi connectivity index (χ3n) is 4.70. The Labute approximate surface area is 175 Å². The first-order valence-electron chi connectivity index (χ1n) is 10.1. The summed E-state index contributed by atoms with van der Waals surface area (Å²) in [5.74, 6) is -0.384. The Hall–Kier alpha value is -3.27. The molecule has 2 aromatic heterocycles. The maximum Gasteiger partial charge on any atom is 0.251 e. The zero-order chi connectivity index (χ0) is 21.7. The van der Waals surface area contributed by atoms with Gasteiger partial charge in [0.15, 0.2) is 0 Å². The molecule has 1 aromatic carbocycles. The summed E-state index contributed by atoms with van der Waals surface area (Å²) in [6.45, 7) is 7.84. The standard InChI is InChI=1S/C23H26FN5O/c1-23(2,3)15-29-19(12-17-14-27-20(13-25)28-21(17)29)6-4-5-11-26-22(30)16-7-9-18(24)10-8-16/h7-10,12,14H,4-6,11,15H2,1-3H3,(H,26,30). The van der Waals surface area contributed by atoms with E-state index in [9.17, 15) is 9.18 Å². The molecule has 1 N–H and O–H groups in total. The molecule has 0 aliphatic rings. The van der Waals surface area contributed by atoms with Gasteiger partial charge in [-0.25, -0.2) is 14.4 Å². The van der Waals surface area contributed by atoms with Crippen LogP contribution in [0, 0.1) is 22.6 Å². The Morgan fingerprint density at radius 2 is 1.97 bits per heavy atom. The summed E-state index contributed by atoms with van der Waals surface area (Å²) < 4.78 is 15.1. The Bertz CT molecular complexity index is 1070. The lowest BCUT2D eigenvalue weighted by atomic mass is 9.96. The van der Waals surface area contributed by atoms with Crippen LogP contribution in [0.5, 0.6) is 0 Å². The topological polar surface area (TPSA) is 83.6 Å². The van der Waals surface area contributed by atoms with Crippen molar-refractivity contribution in [2.24, 2.45) is 5.41 Å². The Balaban J connectivity index is 1.62. The molecule has 0 aliphatic heterocycles.